The molecule has 1 aromatic carbocycles. The number of ether oxygens (including phenoxy) is 1. The molecule has 2 N–H and O–H groups in total. The Morgan fingerprint density at radius 3 is 2.79 bits per heavy atom. The molecular formula is C14H20FNO3. The highest BCUT2D eigenvalue weighted by molar-refractivity contribution is 5.76. The Labute approximate surface area is 112 Å². The standard InChI is InChI=1S/C14H20FNO3/c1-10(2)13(9-17)16-14(18)6-7-19-12-5-3-4-11(15)8-12/h3-5,8,10,13,17H,6-7,9H2,1-2H3,(H,16,18)/t13-/m1/s1. The second kappa shape index (κ2) is 7.74. The van der Waals surface area contributed by atoms with Crippen molar-refractivity contribution in [2.24, 2.45) is 5.92 Å². The SMILES string of the molecule is CC(C)[C@@H](CO)NC(=O)CCOc1cccc(F)c1. The van der Waals surface area contributed by atoms with Crippen LogP contribution in [0.1, 0.15) is 20.3 Å². The number of carbonyl (C=O) groups excluding carboxylic acids is 1. The van der Waals surface area contributed by atoms with Crippen LogP contribution in [0.2, 0.25) is 0 Å². The Morgan fingerprint density at radius 1 is 1.47 bits per heavy atom. The first-order chi connectivity index (χ1) is 9.02. The lowest BCUT2D eigenvalue weighted by Crippen LogP contribution is -2.41. The molecule has 0 unspecified atom stereocenters. The van der Waals surface area contributed by atoms with E-state index in [0.717, 1.165) is 0 Å². The highest BCUT2D eigenvalue weighted by atomic mass is 19.1. The zero-order valence-electron chi connectivity index (χ0n) is 11.2. The predicted octanol–water partition coefficient (Wildman–Crippen LogP) is 1.73. The van der Waals surface area contributed by atoms with Crippen LogP contribution in [-0.2, 0) is 4.79 Å². The fraction of sp³-hybridized carbons (Fsp3) is 0.500. The molecule has 0 aliphatic rings. The Balaban J connectivity index is 2.31. The van der Waals surface area contributed by atoms with Gasteiger partial charge in [0, 0.05) is 6.07 Å². The lowest BCUT2D eigenvalue weighted by molar-refractivity contribution is -0.122. The molecule has 0 aliphatic carbocycles. The van der Waals surface area contributed by atoms with Gasteiger partial charge in [-0.15, -0.1) is 0 Å². The molecule has 0 saturated heterocycles. The van der Waals surface area contributed by atoms with E-state index >= 15 is 0 Å². The summed E-state index contributed by atoms with van der Waals surface area (Å²) in [6.07, 6.45) is 0.166. The van der Waals surface area contributed by atoms with Gasteiger partial charge in [0.1, 0.15) is 11.6 Å². The van der Waals surface area contributed by atoms with Gasteiger partial charge >= 0.3 is 0 Å². The molecule has 0 fully saturated rings. The quantitative estimate of drug-likeness (QED) is 0.792. The van der Waals surface area contributed by atoms with Crippen molar-refractivity contribution >= 4 is 5.91 Å². The van der Waals surface area contributed by atoms with Crippen LogP contribution in [0.15, 0.2) is 24.3 Å². The lowest BCUT2D eigenvalue weighted by atomic mass is 10.1. The second-order valence-corrected chi connectivity index (χ2v) is 4.66. The van der Waals surface area contributed by atoms with E-state index in [2.05, 4.69) is 5.32 Å². The summed E-state index contributed by atoms with van der Waals surface area (Å²) in [5, 5.41) is 11.8. The molecule has 0 saturated carbocycles. The molecule has 0 spiro atoms. The highest BCUT2D eigenvalue weighted by Crippen LogP contribution is 2.12. The number of amides is 1. The normalized spacial score (nSPS) is 12.3. The Kier molecular flexibility index (Phi) is 6.29. The van der Waals surface area contributed by atoms with Gasteiger partial charge in [0.25, 0.3) is 0 Å². The number of halogens is 1. The first-order valence-corrected chi connectivity index (χ1v) is 6.31. The van der Waals surface area contributed by atoms with Crippen LogP contribution in [0.4, 0.5) is 4.39 Å². The van der Waals surface area contributed by atoms with Crippen molar-refractivity contribution in [3.05, 3.63) is 30.1 Å². The minimum atomic E-state index is -0.373. The molecule has 1 amide bonds. The monoisotopic (exact) mass is 269 g/mol. The Hall–Kier alpha value is -1.62. The fourth-order valence-electron chi connectivity index (χ4n) is 1.52. The van der Waals surface area contributed by atoms with Crippen LogP contribution in [0, 0.1) is 11.7 Å². The van der Waals surface area contributed by atoms with Crippen molar-refractivity contribution in [1.29, 1.82) is 0 Å². The van der Waals surface area contributed by atoms with Crippen molar-refractivity contribution in [2.75, 3.05) is 13.2 Å². The summed E-state index contributed by atoms with van der Waals surface area (Å²) < 4.78 is 18.1. The molecule has 1 atom stereocenters. The maximum atomic E-state index is 12.9. The van der Waals surface area contributed by atoms with Gasteiger partial charge in [0.15, 0.2) is 0 Å². The minimum Gasteiger partial charge on any atom is -0.493 e. The van der Waals surface area contributed by atoms with Gasteiger partial charge in [-0.3, -0.25) is 4.79 Å². The maximum absolute atomic E-state index is 12.9. The number of hydrogen-bond acceptors (Lipinski definition) is 3. The number of aliphatic hydroxyl groups excluding tert-OH is 1. The van der Waals surface area contributed by atoms with Crippen LogP contribution in [0.25, 0.3) is 0 Å². The van der Waals surface area contributed by atoms with Crippen LogP contribution in [0.5, 0.6) is 5.75 Å². The first-order valence-electron chi connectivity index (χ1n) is 6.31. The van der Waals surface area contributed by atoms with Crippen LogP contribution in [0.3, 0.4) is 0 Å². The number of carbonyl (C=O) groups is 1. The summed E-state index contributed by atoms with van der Waals surface area (Å²) in [6.45, 7) is 3.93. The zero-order chi connectivity index (χ0) is 14.3. The number of hydrogen-bond donors (Lipinski definition) is 2. The summed E-state index contributed by atoms with van der Waals surface area (Å²) >= 11 is 0. The highest BCUT2D eigenvalue weighted by Gasteiger charge is 2.14. The maximum Gasteiger partial charge on any atom is 0.223 e. The van der Waals surface area contributed by atoms with Crippen LogP contribution >= 0.6 is 0 Å². The van der Waals surface area contributed by atoms with E-state index in [-0.39, 0.29) is 43.3 Å². The molecule has 0 aliphatic heterocycles. The molecule has 0 bridgehead atoms. The molecule has 5 heteroatoms. The third-order valence-corrected chi connectivity index (χ3v) is 2.74. The summed E-state index contributed by atoms with van der Waals surface area (Å²) in [5.74, 6) is -0.000266. The van der Waals surface area contributed by atoms with E-state index in [9.17, 15) is 9.18 Å². The Bertz CT molecular complexity index is 409. The first kappa shape index (κ1) is 15.4. The van der Waals surface area contributed by atoms with Crippen molar-refractivity contribution in [3.63, 3.8) is 0 Å². The fourth-order valence-corrected chi connectivity index (χ4v) is 1.52. The van der Waals surface area contributed by atoms with E-state index in [4.69, 9.17) is 9.84 Å². The zero-order valence-corrected chi connectivity index (χ0v) is 11.2. The van der Waals surface area contributed by atoms with Crippen molar-refractivity contribution < 1.29 is 19.0 Å². The molecule has 1 aromatic rings. The van der Waals surface area contributed by atoms with Gasteiger partial charge in [0.2, 0.25) is 5.91 Å². The summed E-state index contributed by atoms with van der Waals surface area (Å²) in [7, 11) is 0. The van der Waals surface area contributed by atoms with Crippen molar-refractivity contribution in [1.82, 2.24) is 5.32 Å². The van der Waals surface area contributed by atoms with Gasteiger partial charge in [-0.25, -0.2) is 4.39 Å². The third-order valence-electron chi connectivity index (χ3n) is 2.74. The number of benzene rings is 1. The minimum absolute atomic E-state index is 0.0891. The number of rotatable bonds is 7. The lowest BCUT2D eigenvalue weighted by Gasteiger charge is -2.19. The average molecular weight is 269 g/mol. The largest absolute Gasteiger partial charge is 0.493 e. The van der Waals surface area contributed by atoms with E-state index in [0.29, 0.717) is 5.75 Å². The van der Waals surface area contributed by atoms with Crippen molar-refractivity contribution in [2.45, 2.75) is 26.3 Å². The second-order valence-electron chi connectivity index (χ2n) is 4.66. The van der Waals surface area contributed by atoms with Crippen molar-refractivity contribution in [3.8, 4) is 5.75 Å². The van der Waals surface area contributed by atoms with Gasteiger partial charge in [0.05, 0.1) is 25.7 Å². The van der Waals surface area contributed by atoms with Gasteiger partial charge in [-0.1, -0.05) is 19.9 Å². The van der Waals surface area contributed by atoms with Gasteiger partial charge < -0.3 is 15.2 Å². The van der Waals surface area contributed by atoms with Gasteiger partial charge in [-0.2, -0.15) is 0 Å². The van der Waals surface area contributed by atoms with Crippen LogP contribution < -0.4 is 10.1 Å². The summed E-state index contributed by atoms with van der Waals surface area (Å²) in [5.41, 5.74) is 0. The van der Waals surface area contributed by atoms with Crippen LogP contribution in [-0.4, -0.2) is 30.3 Å². The molecule has 1 rings (SSSR count). The smallest absolute Gasteiger partial charge is 0.223 e. The third kappa shape index (κ3) is 5.70. The number of aliphatic hydroxyl groups is 1. The Morgan fingerprint density at radius 2 is 2.21 bits per heavy atom. The average Bonchev–Trinajstić information content (AvgIpc) is 2.35. The molecule has 4 nitrogen and oxygen atoms in total. The molecule has 19 heavy (non-hydrogen) atoms. The summed E-state index contributed by atoms with van der Waals surface area (Å²) in [4.78, 5) is 11.6. The van der Waals surface area contributed by atoms with Gasteiger partial charge in [-0.05, 0) is 18.1 Å². The van der Waals surface area contributed by atoms with E-state index < -0.39 is 0 Å². The topological polar surface area (TPSA) is 58.6 Å². The molecule has 0 heterocycles. The molecule has 0 aromatic heterocycles. The molecule has 0 radical (unpaired) electrons. The number of nitrogens with one attached hydrogen (secondary N) is 1. The van der Waals surface area contributed by atoms with E-state index in [1.807, 2.05) is 13.8 Å². The molecule has 106 valence electrons. The summed E-state index contributed by atoms with van der Waals surface area (Å²) in [6, 6.07) is 5.52. The predicted molar refractivity (Wildman–Crippen MR) is 70.4 cm³/mol. The van der Waals surface area contributed by atoms with E-state index in [1.54, 1.807) is 12.1 Å². The van der Waals surface area contributed by atoms with E-state index in [1.165, 1.54) is 12.1 Å². The molecular weight excluding hydrogens is 249 g/mol.